The lowest BCUT2D eigenvalue weighted by molar-refractivity contribution is 0.102. The first kappa shape index (κ1) is 15.6. The number of benzene rings is 1. The maximum atomic E-state index is 12.7. The van der Waals surface area contributed by atoms with Crippen molar-refractivity contribution in [1.29, 1.82) is 0 Å². The average Bonchev–Trinajstić information content (AvgIpc) is 3.03. The van der Waals surface area contributed by atoms with E-state index in [0.717, 1.165) is 29.9 Å². The first-order chi connectivity index (χ1) is 12.2. The number of para-hydroxylation sites is 2. The highest BCUT2D eigenvalue weighted by molar-refractivity contribution is 6.07. The van der Waals surface area contributed by atoms with Gasteiger partial charge in [-0.2, -0.15) is 0 Å². The van der Waals surface area contributed by atoms with Crippen LogP contribution in [0.1, 0.15) is 16.1 Å². The number of hydrogen-bond acceptors (Lipinski definition) is 6. The number of rotatable bonds is 3. The number of amides is 1. The number of anilines is 2. The number of aryl methyl sites for hydroxylation is 1. The fourth-order valence-electron chi connectivity index (χ4n) is 2.92. The number of carbonyl (C=O) groups excluding carboxylic acids is 1. The fourth-order valence-corrected chi connectivity index (χ4v) is 2.92. The van der Waals surface area contributed by atoms with Crippen molar-refractivity contribution < 1.29 is 14.1 Å². The Morgan fingerprint density at radius 2 is 2.04 bits per heavy atom. The molecule has 1 aliphatic rings. The highest BCUT2D eigenvalue weighted by atomic mass is 16.5. The molecule has 0 unspecified atom stereocenters. The summed E-state index contributed by atoms with van der Waals surface area (Å²) in [6, 6.07) is 9.53. The van der Waals surface area contributed by atoms with Crippen molar-refractivity contribution in [1.82, 2.24) is 10.1 Å². The van der Waals surface area contributed by atoms with Gasteiger partial charge in [0, 0.05) is 19.3 Å². The van der Waals surface area contributed by atoms with Crippen molar-refractivity contribution in [2.24, 2.45) is 0 Å². The predicted molar refractivity (Wildman–Crippen MR) is 94.0 cm³/mol. The zero-order valence-corrected chi connectivity index (χ0v) is 13.9. The van der Waals surface area contributed by atoms with Crippen molar-refractivity contribution in [2.75, 3.05) is 36.5 Å². The average molecular weight is 338 g/mol. The van der Waals surface area contributed by atoms with Crippen LogP contribution in [0.4, 0.5) is 11.4 Å². The molecule has 0 radical (unpaired) electrons. The van der Waals surface area contributed by atoms with E-state index in [2.05, 4.69) is 20.4 Å². The molecule has 1 fully saturated rings. The number of nitrogens with one attached hydrogen (secondary N) is 1. The molecule has 1 amide bonds. The molecule has 4 rings (SSSR count). The number of nitrogens with zero attached hydrogens (tertiary/aromatic N) is 3. The van der Waals surface area contributed by atoms with Crippen molar-refractivity contribution in [2.45, 2.75) is 6.92 Å². The van der Waals surface area contributed by atoms with E-state index < -0.39 is 0 Å². The second-order valence-electron chi connectivity index (χ2n) is 5.92. The lowest BCUT2D eigenvalue weighted by Gasteiger charge is -2.30. The zero-order chi connectivity index (χ0) is 17.2. The van der Waals surface area contributed by atoms with Crippen molar-refractivity contribution in [3.8, 4) is 0 Å². The first-order valence-corrected chi connectivity index (χ1v) is 8.17. The van der Waals surface area contributed by atoms with Gasteiger partial charge in [-0.1, -0.05) is 17.3 Å². The number of pyridine rings is 1. The Kier molecular flexibility index (Phi) is 4.07. The summed E-state index contributed by atoms with van der Waals surface area (Å²) in [5, 5.41) is 7.60. The summed E-state index contributed by atoms with van der Waals surface area (Å²) in [4.78, 5) is 19.1. The number of morpholine rings is 1. The van der Waals surface area contributed by atoms with Gasteiger partial charge in [-0.25, -0.2) is 4.98 Å². The Labute approximate surface area is 144 Å². The van der Waals surface area contributed by atoms with Gasteiger partial charge in [-0.15, -0.1) is 0 Å². The molecule has 0 atom stereocenters. The van der Waals surface area contributed by atoms with Crippen molar-refractivity contribution >= 4 is 28.4 Å². The Morgan fingerprint density at radius 1 is 1.24 bits per heavy atom. The lowest BCUT2D eigenvalue weighted by atomic mass is 10.2. The molecular formula is C18H18N4O3. The van der Waals surface area contributed by atoms with E-state index in [1.54, 1.807) is 6.07 Å². The number of fused-ring (bicyclic) bond motifs is 1. The van der Waals surface area contributed by atoms with Crippen LogP contribution in [0.2, 0.25) is 0 Å². The van der Waals surface area contributed by atoms with Crippen LogP contribution in [0.5, 0.6) is 0 Å². The molecule has 7 nitrogen and oxygen atoms in total. The number of carbonyl (C=O) groups is 1. The number of ether oxygens (including phenoxy) is 1. The van der Waals surface area contributed by atoms with Gasteiger partial charge in [0.05, 0.1) is 41.2 Å². The summed E-state index contributed by atoms with van der Waals surface area (Å²) in [7, 11) is 0. The second-order valence-corrected chi connectivity index (χ2v) is 5.92. The molecule has 0 aliphatic carbocycles. The third-order valence-electron chi connectivity index (χ3n) is 4.28. The first-order valence-electron chi connectivity index (χ1n) is 8.17. The molecule has 2 aromatic heterocycles. The van der Waals surface area contributed by atoms with Crippen LogP contribution in [0, 0.1) is 6.92 Å². The van der Waals surface area contributed by atoms with E-state index >= 15 is 0 Å². The van der Waals surface area contributed by atoms with Gasteiger partial charge in [0.15, 0.2) is 0 Å². The molecule has 0 spiro atoms. The Hall–Kier alpha value is -2.93. The smallest absolute Gasteiger partial charge is 0.257 e. The summed E-state index contributed by atoms with van der Waals surface area (Å²) < 4.78 is 10.5. The molecule has 25 heavy (non-hydrogen) atoms. The minimum atomic E-state index is -0.212. The normalized spacial score (nSPS) is 14.7. The van der Waals surface area contributed by atoms with Gasteiger partial charge in [0.25, 0.3) is 11.6 Å². The van der Waals surface area contributed by atoms with Crippen LogP contribution in [0.25, 0.3) is 11.1 Å². The molecule has 1 saturated heterocycles. The van der Waals surface area contributed by atoms with Gasteiger partial charge in [0.1, 0.15) is 0 Å². The summed E-state index contributed by atoms with van der Waals surface area (Å²) in [6.45, 7) is 4.81. The Morgan fingerprint density at radius 3 is 2.88 bits per heavy atom. The largest absolute Gasteiger partial charge is 0.378 e. The topological polar surface area (TPSA) is 80.5 Å². The van der Waals surface area contributed by atoms with Gasteiger partial charge in [0.2, 0.25) is 0 Å². The molecule has 7 heteroatoms. The van der Waals surface area contributed by atoms with Gasteiger partial charge < -0.3 is 19.5 Å². The standard InChI is InChI=1S/C18H18N4O3/c1-12-14-10-13(11-19-18(14)25-21-12)17(23)20-15-4-2-3-5-16(15)22-6-8-24-9-7-22/h2-5,10-11H,6-9H2,1H3,(H,20,23). The van der Waals surface area contributed by atoms with Crippen LogP contribution >= 0.6 is 0 Å². The van der Waals surface area contributed by atoms with E-state index in [9.17, 15) is 4.79 Å². The third kappa shape index (κ3) is 3.06. The van der Waals surface area contributed by atoms with Crippen molar-refractivity contribution in [3.05, 3.63) is 47.8 Å². The van der Waals surface area contributed by atoms with Crippen LogP contribution in [0.3, 0.4) is 0 Å². The minimum absolute atomic E-state index is 0.212. The monoisotopic (exact) mass is 338 g/mol. The summed E-state index contributed by atoms with van der Waals surface area (Å²) in [5.41, 5.74) is 3.38. The Bertz CT molecular complexity index is 916. The molecular weight excluding hydrogens is 320 g/mol. The fraction of sp³-hybridized carbons (Fsp3) is 0.278. The van der Waals surface area contributed by atoms with Gasteiger partial charge >= 0.3 is 0 Å². The van der Waals surface area contributed by atoms with E-state index in [4.69, 9.17) is 9.26 Å². The van der Waals surface area contributed by atoms with Crippen LogP contribution < -0.4 is 10.2 Å². The summed E-state index contributed by atoms with van der Waals surface area (Å²) in [6.07, 6.45) is 1.50. The Balaban J connectivity index is 1.60. The number of hydrogen-bond donors (Lipinski definition) is 1. The maximum Gasteiger partial charge on any atom is 0.257 e. The molecule has 0 bridgehead atoms. The number of aromatic nitrogens is 2. The summed E-state index contributed by atoms with van der Waals surface area (Å²) >= 11 is 0. The maximum absolute atomic E-state index is 12.7. The van der Waals surface area contributed by atoms with E-state index in [0.29, 0.717) is 30.2 Å². The minimum Gasteiger partial charge on any atom is -0.378 e. The van der Waals surface area contributed by atoms with E-state index in [1.165, 1.54) is 6.20 Å². The van der Waals surface area contributed by atoms with E-state index in [-0.39, 0.29) is 5.91 Å². The van der Waals surface area contributed by atoms with Gasteiger partial charge in [-0.05, 0) is 25.1 Å². The van der Waals surface area contributed by atoms with Crippen LogP contribution in [-0.2, 0) is 4.74 Å². The molecule has 3 aromatic rings. The molecule has 128 valence electrons. The molecule has 1 aromatic carbocycles. The lowest BCUT2D eigenvalue weighted by Crippen LogP contribution is -2.36. The van der Waals surface area contributed by atoms with Crippen LogP contribution in [0.15, 0.2) is 41.1 Å². The van der Waals surface area contributed by atoms with Gasteiger partial charge in [-0.3, -0.25) is 4.79 Å². The van der Waals surface area contributed by atoms with Crippen LogP contribution in [-0.4, -0.2) is 42.4 Å². The zero-order valence-electron chi connectivity index (χ0n) is 13.9. The molecule has 0 saturated carbocycles. The van der Waals surface area contributed by atoms with Crippen molar-refractivity contribution in [3.63, 3.8) is 0 Å². The molecule has 3 heterocycles. The third-order valence-corrected chi connectivity index (χ3v) is 4.28. The second kappa shape index (κ2) is 6.52. The SMILES string of the molecule is Cc1noc2ncc(C(=O)Nc3ccccc3N3CCOCC3)cc12. The highest BCUT2D eigenvalue weighted by Gasteiger charge is 2.17. The van der Waals surface area contributed by atoms with E-state index in [1.807, 2.05) is 31.2 Å². The molecule has 1 N–H and O–H groups in total. The molecule has 1 aliphatic heterocycles. The quantitative estimate of drug-likeness (QED) is 0.791. The highest BCUT2D eigenvalue weighted by Crippen LogP contribution is 2.27. The summed E-state index contributed by atoms with van der Waals surface area (Å²) in [5.74, 6) is -0.212. The predicted octanol–water partition coefficient (Wildman–Crippen LogP) is 2.62.